The van der Waals surface area contributed by atoms with E-state index in [-0.39, 0.29) is 18.4 Å². The number of nitrogens with zero attached hydrogens (tertiary/aromatic N) is 4. The van der Waals surface area contributed by atoms with Crippen LogP contribution >= 0.6 is 0 Å². The fraction of sp³-hybridized carbons (Fsp3) is 0.211. The molecular formula is C19H16N6O3. The summed E-state index contributed by atoms with van der Waals surface area (Å²) in [5.41, 5.74) is 2.37. The highest BCUT2D eigenvalue weighted by Gasteiger charge is 2.28. The Morgan fingerprint density at radius 3 is 2.96 bits per heavy atom. The molecule has 3 aromatic rings. The van der Waals surface area contributed by atoms with Crippen LogP contribution in [0.15, 0.2) is 42.5 Å². The zero-order valence-electron chi connectivity index (χ0n) is 14.8. The van der Waals surface area contributed by atoms with Crippen LogP contribution in [0.1, 0.15) is 29.2 Å². The van der Waals surface area contributed by atoms with Gasteiger partial charge in [-0.25, -0.2) is 4.68 Å². The highest BCUT2D eigenvalue weighted by atomic mass is 16.5. The van der Waals surface area contributed by atoms with Crippen molar-refractivity contribution in [3.63, 3.8) is 0 Å². The lowest BCUT2D eigenvalue weighted by Crippen LogP contribution is -2.25. The Morgan fingerprint density at radius 2 is 2.11 bits per heavy atom. The van der Waals surface area contributed by atoms with Crippen LogP contribution in [0.4, 0.5) is 11.4 Å². The van der Waals surface area contributed by atoms with E-state index >= 15 is 0 Å². The third-order valence-electron chi connectivity index (χ3n) is 4.64. The van der Waals surface area contributed by atoms with Crippen molar-refractivity contribution in [3.05, 3.63) is 48.0 Å². The number of amides is 2. The number of fused-ring (bicyclic) bond motifs is 1. The lowest BCUT2D eigenvalue weighted by Gasteiger charge is -2.18. The molecule has 2 aromatic carbocycles. The fourth-order valence-electron chi connectivity index (χ4n) is 3.11. The molecule has 0 spiro atoms. The summed E-state index contributed by atoms with van der Waals surface area (Å²) >= 11 is 0. The van der Waals surface area contributed by atoms with Gasteiger partial charge in [0.15, 0.2) is 12.4 Å². The average Bonchev–Trinajstić information content (AvgIpc) is 3.43. The molecule has 5 rings (SSSR count). The van der Waals surface area contributed by atoms with Crippen molar-refractivity contribution in [2.45, 2.75) is 18.9 Å². The minimum atomic E-state index is -0.290. The molecule has 0 radical (unpaired) electrons. The van der Waals surface area contributed by atoms with E-state index in [1.807, 2.05) is 22.9 Å². The van der Waals surface area contributed by atoms with Crippen molar-refractivity contribution < 1.29 is 14.3 Å². The topological polar surface area (TPSA) is 111 Å². The van der Waals surface area contributed by atoms with Gasteiger partial charge in [-0.3, -0.25) is 9.59 Å². The molecule has 0 saturated heterocycles. The lowest BCUT2D eigenvalue weighted by molar-refractivity contribution is -0.118. The fourth-order valence-corrected chi connectivity index (χ4v) is 3.11. The SMILES string of the molecule is O=C1COc2ccc(C(=O)Nc3cccc(-c4nnnn4C4CC4)c3)cc2N1. The average molecular weight is 376 g/mol. The standard InChI is InChI=1S/C19H16N6O3/c26-17-10-28-16-7-4-12(9-15(16)21-17)19(27)20-13-3-1-2-11(8-13)18-22-23-24-25(18)14-5-6-14/h1-4,7-9,14H,5-6,10H2,(H,20,27)(H,21,26). The first-order valence-corrected chi connectivity index (χ1v) is 8.94. The molecule has 2 N–H and O–H groups in total. The number of hydrogen-bond donors (Lipinski definition) is 2. The van der Waals surface area contributed by atoms with Crippen LogP contribution in [0.5, 0.6) is 5.75 Å². The summed E-state index contributed by atoms with van der Waals surface area (Å²) in [5.74, 6) is 0.699. The molecule has 1 aliphatic carbocycles. The largest absolute Gasteiger partial charge is 0.482 e. The number of anilines is 2. The summed E-state index contributed by atoms with van der Waals surface area (Å²) < 4.78 is 7.14. The van der Waals surface area contributed by atoms with E-state index in [9.17, 15) is 9.59 Å². The summed E-state index contributed by atoms with van der Waals surface area (Å²) in [5, 5.41) is 17.5. The smallest absolute Gasteiger partial charge is 0.262 e. The van der Waals surface area contributed by atoms with Crippen LogP contribution < -0.4 is 15.4 Å². The van der Waals surface area contributed by atoms with Crippen molar-refractivity contribution in [2.24, 2.45) is 0 Å². The van der Waals surface area contributed by atoms with Gasteiger partial charge in [0.25, 0.3) is 11.8 Å². The molecule has 9 nitrogen and oxygen atoms in total. The molecule has 1 fully saturated rings. The molecule has 9 heteroatoms. The minimum Gasteiger partial charge on any atom is -0.482 e. The maximum Gasteiger partial charge on any atom is 0.262 e. The molecule has 28 heavy (non-hydrogen) atoms. The molecule has 140 valence electrons. The van der Waals surface area contributed by atoms with Gasteiger partial charge >= 0.3 is 0 Å². The maximum atomic E-state index is 12.7. The number of benzene rings is 2. The Labute approximate surface area is 159 Å². The minimum absolute atomic E-state index is 0.0222. The molecule has 0 atom stereocenters. The number of ether oxygens (including phenoxy) is 1. The van der Waals surface area contributed by atoms with Gasteiger partial charge in [0, 0.05) is 16.8 Å². The van der Waals surface area contributed by atoms with Crippen molar-refractivity contribution in [1.82, 2.24) is 20.2 Å². The van der Waals surface area contributed by atoms with E-state index in [1.165, 1.54) is 0 Å². The Morgan fingerprint density at radius 1 is 1.21 bits per heavy atom. The van der Waals surface area contributed by atoms with E-state index in [0.717, 1.165) is 18.4 Å². The van der Waals surface area contributed by atoms with Gasteiger partial charge in [0.1, 0.15) is 5.75 Å². The Hall–Kier alpha value is -3.75. The number of carbonyl (C=O) groups is 2. The summed E-state index contributed by atoms with van der Waals surface area (Å²) in [4.78, 5) is 24.1. The third kappa shape index (κ3) is 3.07. The first-order valence-electron chi connectivity index (χ1n) is 8.94. The zero-order chi connectivity index (χ0) is 19.1. The molecular weight excluding hydrogens is 360 g/mol. The first kappa shape index (κ1) is 16.4. The lowest BCUT2D eigenvalue weighted by atomic mass is 10.1. The molecule has 1 aliphatic heterocycles. The molecule has 0 unspecified atom stereocenters. The highest BCUT2D eigenvalue weighted by molar-refractivity contribution is 6.06. The van der Waals surface area contributed by atoms with Gasteiger partial charge in [-0.15, -0.1) is 5.10 Å². The molecule has 2 amide bonds. The van der Waals surface area contributed by atoms with Crippen molar-refractivity contribution in [2.75, 3.05) is 17.2 Å². The van der Waals surface area contributed by atoms with Gasteiger partial charge in [0.2, 0.25) is 0 Å². The van der Waals surface area contributed by atoms with Crippen molar-refractivity contribution >= 4 is 23.2 Å². The summed E-state index contributed by atoms with van der Waals surface area (Å²) in [6.45, 7) is -0.0222. The summed E-state index contributed by atoms with van der Waals surface area (Å²) in [6, 6.07) is 12.7. The van der Waals surface area contributed by atoms with Crippen LogP contribution in [0, 0.1) is 0 Å². The van der Waals surface area contributed by atoms with Gasteiger partial charge in [-0.1, -0.05) is 12.1 Å². The summed E-state index contributed by atoms with van der Waals surface area (Å²) in [6.07, 6.45) is 2.15. The van der Waals surface area contributed by atoms with Crippen LogP contribution in [-0.4, -0.2) is 38.6 Å². The monoisotopic (exact) mass is 376 g/mol. The number of aromatic nitrogens is 4. The van der Waals surface area contributed by atoms with Crippen LogP contribution in [-0.2, 0) is 4.79 Å². The van der Waals surface area contributed by atoms with Crippen molar-refractivity contribution in [1.29, 1.82) is 0 Å². The zero-order valence-corrected chi connectivity index (χ0v) is 14.8. The number of tetrazole rings is 1. The van der Waals surface area contributed by atoms with E-state index < -0.39 is 0 Å². The number of rotatable bonds is 4. The van der Waals surface area contributed by atoms with E-state index in [0.29, 0.717) is 34.6 Å². The van der Waals surface area contributed by atoms with Gasteiger partial charge in [-0.2, -0.15) is 0 Å². The second-order valence-electron chi connectivity index (χ2n) is 6.76. The van der Waals surface area contributed by atoms with Crippen LogP contribution in [0.25, 0.3) is 11.4 Å². The normalized spacial score (nSPS) is 15.4. The second-order valence-corrected chi connectivity index (χ2v) is 6.76. The Balaban J connectivity index is 1.38. The summed E-state index contributed by atoms with van der Waals surface area (Å²) in [7, 11) is 0. The predicted octanol–water partition coefficient (Wildman–Crippen LogP) is 2.26. The molecule has 0 bridgehead atoms. The quantitative estimate of drug-likeness (QED) is 0.722. The predicted molar refractivity (Wildman–Crippen MR) is 100 cm³/mol. The van der Waals surface area contributed by atoms with Gasteiger partial charge in [-0.05, 0) is 53.6 Å². The maximum absolute atomic E-state index is 12.7. The number of carbonyl (C=O) groups excluding carboxylic acids is 2. The van der Waals surface area contributed by atoms with E-state index in [4.69, 9.17) is 4.74 Å². The van der Waals surface area contributed by atoms with Crippen molar-refractivity contribution in [3.8, 4) is 17.1 Å². The first-order chi connectivity index (χ1) is 13.7. The number of hydrogen-bond acceptors (Lipinski definition) is 6. The molecule has 2 heterocycles. The second kappa shape index (κ2) is 6.45. The van der Waals surface area contributed by atoms with Crippen LogP contribution in [0.3, 0.4) is 0 Å². The van der Waals surface area contributed by atoms with Gasteiger partial charge < -0.3 is 15.4 Å². The van der Waals surface area contributed by atoms with E-state index in [1.54, 1.807) is 24.3 Å². The van der Waals surface area contributed by atoms with Gasteiger partial charge in [0.05, 0.1) is 11.7 Å². The number of nitrogens with one attached hydrogen (secondary N) is 2. The molecule has 1 saturated carbocycles. The Bertz CT molecular complexity index is 1090. The Kier molecular flexibility index (Phi) is 3.78. The van der Waals surface area contributed by atoms with Crippen LogP contribution in [0.2, 0.25) is 0 Å². The third-order valence-corrected chi connectivity index (χ3v) is 4.64. The van der Waals surface area contributed by atoms with E-state index in [2.05, 4.69) is 26.2 Å². The highest BCUT2D eigenvalue weighted by Crippen LogP contribution is 2.37. The molecule has 2 aliphatic rings. The molecule has 1 aromatic heterocycles.